The highest BCUT2D eigenvalue weighted by Gasteiger charge is 2.13. The number of rotatable bonds is 6. The molecule has 2 aromatic rings. The van der Waals surface area contributed by atoms with Crippen LogP contribution in [0.4, 0.5) is 11.4 Å². The molecule has 2 rings (SSSR count). The van der Waals surface area contributed by atoms with E-state index in [1.54, 1.807) is 6.07 Å². The molecule has 0 fully saturated rings. The maximum Gasteiger partial charge on any atom is 0.329 e. The van der Waals surface area contributed by atoms with Crippen LogP contribution in [-0.2, 0) is 9.59 Å². The lowest BCUT2D eigenvalue weighted by atomic mass is 10.2. The van der Waals surface area contributed by atoms with Crippen LogP contribution in [0.5, 0.6) is 0 Å². The lowest BCUT2D eigenvalue weighted by molar-refractivity contribution is -0.136. The minimum Gasteiger partial charge on any atom is -0.372 e. The van der Waals surface area contributed by atoms with Crippen LogP contribution in [-0.4, -0.2) is 31.1 Å². The van der Waals surface area contributed by atoms with Crippen LogP contribution in [0.3, 0.4) is 0 Å². The first kappa shape index (κ1) is 20.7. The fraction of sp³-hybridized carbons (Fsp3) is 0.211. The topological polar surface area (TPSA) is 73.8 Å². The van der Waals surface area contributed by atoms with Gasteiger partial charge < -0.3 is 10.2 Å². The van der Waals surface area contributed by atoms with E-state index in [0.717, 1.165) is 24.3 Å². The number of carbonyl (C=O) groups excluding carboxylic acids is 2. The SMILES string of the molecule is CCN(CC)c1ccc(/C=N\NC(=O)C(=O)Nc2ccc(Cl)c(Cl)c2)cc1. The molecule has 0 bridgehead atoms. The number of benzene rings is 2. The summed E-state index contributed by atoms with van der Waals surface area (Å²) in [5.74, 6) is -1.75. The summed E-state index contributed by atoms with van der Waals surface area (Å²) < 4.78 is 0. The quantitative estimate of drug-likeness (QED) is 0.433. The maximum atomic E-state index is 11.9. The molecule has 8 heteroatoms. The number of amides is 2. The predicted molar refractivity (Wildman–Crippen MR) is 111 cm³/mol. The van der Waals surface area contributed by atoms with Gasteiger partial charge in [-0.15, -0.1) is 0 Å². The standard InChI is InChI=1S/C19H20Cl2N4O2/c1-3-25(4-2)15-8-5-13(6-9-15)12-22-24-19(27)18(26)23-14-7-10-16(20)17(21)11-14/h5-12H,3-4H2,1-2H3,(H,23,26)(H,24,27)/b22-12-. The molecule has 2 amide bonds. The van der Waals surface area contributed by atoms with Gasteiger partial charge in [-0.2, -0.15) is 5.10 Å². The molecule has 142 valence electrons. The summed E-state index contributed by atoms with van der Waals surface area (Å²) in [7, 11) is 0. The Morgan fingerprint density at radius 3 is 2.26 bits per heavy atom. The van der Waals surface area contributed by atoms with Crippen LogP contribution in [0, 0.1) is 0 Å². The van der Waals surface area contributed by atoms with Crippen molar-refractivity contribution in [1.29, 1.82) is 0 Å². The van der Waals surface area contributed by atoms with Crippen LogP contribution < -0.4 is 15.6 Å². The molecular weight excluding hydrogens is 387 g/mol. The number of nitrogens with zero attached hydrogens (tertiary/aromatic N) is 2. The zero-order valence-corrected chi connectivity index (χ0v) is 16.5. The number of hydrogen-bond donors (Lipinski definition) is 2. The third-order valence-electron chi connectivity index (χ3n) is 3.79. The molecule has 27 heavy (non-hydrogen) atoms. The summed E-state index contributed by atoms with van der Waals surface area (Å²) in [6, 6.07) is 12.3. The van der Waals surface area contributed by atoms with E-state index < -0.39 is 11.8 Å². The first-order valence-corrected chi connectivity index (χ1v) is 9.14. The van der Waals surface area contributed by atoms with Crippen molar-refractivity contribution in [2.24, 2.45) is 5.10 Å². The minimum absolute atomic E-state index is 0.279. The van der Waals surface area contributed by atoms with Gasteiger partial charge in [0.1, 0.15) is 0 Å². The fourth-order valence-electron chi connectivity index (χ4n) is 2.34. The van der Waals surface area contributed by atoms with Crippen LogP contribution in [0.15, 0.2) is 47.6 Å². The molecule has 0 heterocycles. The van der Waals surface area contributed by atoms with Gasteiger partial charge in [-0.05, 0) is 49.7 Å². The minimum atomic E-state index is -0.892. The van der Waals surface area contributed by atoms with Gasteiger partial charge in [0.15, 0.2) is 0 Å². The van der Waals surface area contributed by atoms with Gasteiger partial charge in [0.25, 0.3) is 0 Å². The normalized spacial score (nSPS) is 10.7. The first-order chi connectivity index (χ1) is 12.9. The predicted octanol–water partition coefficient (Wildman–Crippen LogP) is 3.93. The van der Waals surface area contributed by atoms with E-state index in [1.165, 1.54) is 18.3 Å². The summed E-state index contributed by atoms with van der Waals surface area (Å²) in [4.78, 5) is 25.9. The van der Waals surface area contributed by atoms with Crippen molar-refractivity contribution < 1.29 is 9.59 Å². The van der Waals surface area contributed by atoms with E-state index >= 15 is 0 Å². The van der Waals surface area contributed by atoms with Crippen molar-refractivity contribution in [1.82, 2.24) is 5.43 Å². The van der Waals surface area contributed by atoms with Crippen LogP contribution in [0.25, 0.3) is 0 Å². The van der Waals surface area contributed by atoms with Crippen molar-refractivity contribution in [2.75, 3.05) is 23.3 Å². The molecule has 0 radical (unpaired) electrons. The summed E-state index contributed by atoms with van der Waals surface area (Å²) in [6.07, 6.45) is 1.47. The molecule has 0 spiro atoms. The van der Waals surface area contributed by atoms with E-state index in [2.05, 4.69) is 34.6 Å². The fourth-order valence-corrected chi connectivity index (χ4v) is 2.64. The van der Waals surface area contributed by atoms with Crippen LogP contribution in [0.2, 0.25) is 10.0 Å². The lowest BCUT2D eigenvalue weighted by Gasteiger charge is -2.20. The van der Waals surface area contributed by atoms with Gasteiger partial charge in [0, 0.05) is 24.5 Å². The van der Waals surface area contributed by atoms with Gasteiger partial charge >= 0.3 is 11.8 Å². The summed E-state index contributed by atoms with van der Waals surface area (Å²) in [6.45, 7) is 6.04. The second-order valence-electron chi connectivity index (χ2n) is 5.55. The van der Waals surface area contributed by atoms with Crippen LogP contribution in [0.1, 0.15) is 19.4 Å². The average molecular weight is 407 g/mol. The summed E-state index contributed by atoms with van der Waals surface area (Å²) in [5.41, 5.74) is 4.46. The first-order valence-electron chi connectivity index (χ1n) is 8.39. The molecule has 0 aliphatic heterocycles. The molecule has 0 aliphatic rings. The molecule has 0 saturated heterocycles. The summed E-state index contributed by atoms with van der Waals surface area (Å²) in [5, 5.41) is 6.86. The third kappa shape index (κ3) is 5.98. The Hall–Kier alpha value is -2.57. The Bertz CT molecular complexity index is 834. The number of nitrogens with one attached hydrogen (secondary N) is 2. The van der Waals surface area contributed by atoms with Crippen molar-refractivity contribution in [3.05, 3.63) is 58.1 Å². The molecule has 0 unspecified atom stereocenters. The van der Waals surface area contributed by atoms with Crippen molar-refractivity contribution in [3.8, 4) is 0 Å². The Balaban J connectivity index is 1.90. The Labute approximate surface area is 168 Å². The van der Waals surface area contributed by atoms with E-state index in [4.69, 9.17) is 23.2 Å². The third-order valence-corrected chi connectivity index (χ3v) is 4.52. The zero-order chi connectivity index (χ0) is 19.8. The molecule has 0 aliphatic carbocycles. The number of halogens is 2. The Morgan fingerprint density at radius 2 is 1.67 bits per heavy atom. The highest BCUT2D eigenvalue weighted by atomic mass is 35.5. The summed E-state index contributed by atoms with van der Waals surface area (Å²) >= 11 is 11.7. The van der Waals surface area contributed by atoms with E-state index in [-0.39, 0.29) is 5.02 Å². The average Bonchev–Trinajstić information content (AvgIpc) is 2.66. The van der Waals surface area contributed by atoms with E-state index in [0.29, 0.717) is 10.7 Å². The van der Waals surface area contributed by atoms with Gasteiger partial charge in [-0.1, -0.05) is 35.3 Å². The lowest BCUT2D eigenvalue weighted by Crippen LogP contribution is -2.32. The second kappa shape index (κ2) is 9.94. The van der Waals surface area contributed by atoms with Gasteiger partial charge in [-0.3, -0.25) is 9.59 Å². The molecular formula is C19H20Cl2N4O2. The molecule has 0 atom stereocenters. The van der Waals surface area contributed by atoms with Gasteiger partial charge in [0.05, 0.1) is 16.3 Å². The maximum absolute atomic E-state index is 11.9. The zero-order valence-electron chi connectivity index (χ0n) is 15.0. The number of hydrogen-bond acceptors (Lipinski definition) is 4. The molecule has 2 aromatic carbocycles. The molecule has 0 saturated carbocycles. The van der Waals surface area contributed by atoms with Crippen molar-refractivity contribution >= 4 is 52.6 Å². The van der Waals surface area contributed by atoms with Gasteiger partial charge in [0.2, 0.25) is 0 Å². The monoisotopic (exact) mass is 406 g/mol. The largest absolute Gasteiger partial charge is 0.372 e. The number of anilines is 2. The molecule has 0 aromatic heterocycles. The van der Waals surface area contributed by atoms with Crippen molar-refractivity contribution in [2.45, 2.75) is 13.8 Å². The van der Waals surface area contributed by atoms with E-state index in [9.17, 15) is 9.59 Å². The molecule has 2 N–H and O–H groups in total. The number of carbonyl (C=O) groups is 2. The van der Waals surface area contributed by atoms with E-state index in [1.807, 2.05) is 24.3 Å². The smallest absolute Gasteiger partial charge is 0.329 e. The van der Waals surface area contributed by atoms with Crippen molar-refractivity contribution in [3.63, 3.8) is 0 Å². The number of hydrazone groups is 1. The highest BCUT2D eigenvalue weighted by molar-refractivity contribution is 6.42. The van der Waals surface area contributed by atoms with Gasteiger partial charge in [-0.25, -0.2) is 5.43 Å². The Morgan fingerprint density at radius 1 is 1.00 bits per heavy atom. The molecule has 6 nitrogen and oxygen atoms in total. The van der Waals surface area contributed by atoms with Crippen LogP contribution >= 0.6 is 23.2 Å². The highest BCUT2D eigenvalue weighted by Crippen LogP contribution is 2.24. The second-order valence-corrected chi connectivity index (χ2v) is 6.36. The Kier molecular flexibility index (Phi) is 7.64.